The van der Waals surface area contributed by atoms with Crippen molar-refractivity contribution in [1.82, 2.24) is 10.3 Å². The van der Waals surface area contributed by atoms with E-state index in [-0.39, 0.29) is 5.97 Å². The third-order valence-corrected chi connectivity index (χ3v) is 4.10. The van der Waals surface area contributed by atoms with E-state index < -0.39 is 0 Å². The summed E-state index contributed by atoms with van der Waals surface area (Å²) >= 11 is 0. The average Bonchev–Trinajstić information content (AvgIpc) is 2.79. The number of fused-ring (bicyclic) bond motifs is 2. The van der Waals surface area contributed by atoms with E-state index in [9.17, 15) is 4.79 Å². The lowest BCUT2D eigenvalue weighted by Crippen LogP contribution is -2.43. The molecule has 0 aliphatic carbocycles. The maximum atomic E-state index is 11.5. The van der Waals surface area contributed by atoms with Crippen LogP contribution in [0.2, 0.25) is 0 Å². The molecule has 5 nitrogen and oxygen atoms in total. The third-order valence-electron chi connectivity index (χ3n) is 4.10. The summed E-state index contributed by atoms with van der Waals surface area (Å²) < 4.78 is 4.95. The summed E-state index contributed by atoms with van der Waals surface area (Å²) in [5, 5.41) is 7.10. The molecule has 0 spiro atoms. The number of aromatic nitrogens is 1. The summed E-state index contributed by atoms with van der Waals surface area (Å²) in [6.07, 6.45) is 6.46. The molecule has 108 valence electrons. The van der Waals surface area contributed by atoms with Crippen molar-refractivity contribution in [3.8, 4) is 0 Å². The minimum Gasteiger partial charge on any atom is -0.462 e. The number of hydrogen-bond acceptors (Lipinski definition) is 5. The highest BCUT2D eigenvalue weighted by molar-refractivity contribution is 5.89. The molecule has 1 aromatic heterocycles. The Bertz CT molecular complexity index is 463. The van der Waals surface area contributed by atoms with E-state index in [1.54, 1.807) is 19.2 Å². The van der Waals surface area contributed by atoms with Crippen molar-refractivity contribution in [3.63, 3.8) is 0 Å². The highest BCUT2D eigenvalue weighted by Crippen LogP contribution is 2.28. The maximum absolute atomic E-state index is 11.5. The zero-order valence-electron chi connectivity index (χ0n) is 11.8. The van der Waals surface area contributed by atoms with E-state index in [4.69, 9.17) is 4.74 Å². The normalized spacial score (nSPS) is 28.1. The van der Waals surface area contributed by atoms with Gasteiger partial charge in [0.2, 0.25) is 0 Å². The van der Waals surface area contributed by atoms with E-state index in [2.05, 4.69) is 15.6 Å². The van der Waals surface area contributed by atoms with Crippen LogP contribution in [0.1, 0.15) is 43.0 Å². The number of rotatable bonds is 4. The van der Waals surface area contributed by atoms with Crippen molar-refractivity contribution in [2.75, 3.05) is 11.9 Å². The third kappa shape index (κ3) is 2.93. The molecule has 0 aromatic carbocycles. The van der Waals surface area contributed by atoms with Gasteiger partial charge in [-0.2, -0.15) is 0 Å². The van der Waals surface area contributed by atoms with Gasteiger partial charge in [-0.1, -0.05) is 0 Å². The molecule has 2 fully saturated rings. The Morgan fingerprint density at radius 1 is 1.40 bits per heavy atom. The van der Waals surface area contributed by atoms with Gasteiger partial charge >= 0.3 is 5.97 Å². The van der Waals surface area contributed by atoms with Gasteiger partial charge in [0.25, 0.3) is 0 Å². The van der Waals surface area contributed by atoms with Crippen LogP contribution in [0.5, 0.6) is 0 Å². The Kier molecular flexibility index (Phi) is 3.87. The van der Waals surface area contributed by atoms with Gasteiger partial charge in [0.1, 0.15) is 5.82 Å². The van der Waals surface area contributed by atoms with Gasteiger partial charge in [-0.3, -0.25) is 0 Å². The predicted octanol–water partition coefficient (Wildman–Crippen LogP) is 1.95. The van der Waals surface area contributed by atoms with Crippen LogP contribution in [-0.4, -0.2) is 35.7 Å². The summed E-state index contributed by atoms with van der Waals surface area (Å²) in [6.45, 7) is 2.18. The number of carbonyl (C=O) groups excluding carboxylic acids is 1. The number of nitrogens with zero attached hydrogens (tertiary/aromatic N) is 1. The molecule has 5 heteroatoms. The lowest BCUT2D eigenvalue weighted by Gasteiger charge is -2.30. The number of nitrogens with one attached hydrogen (secondary N) is 2. The van der Waals surface area contributed by atoms with Gasteiger partial charge < -0.3 is 15.4 Å². The van der Waals surface area contributed by atoms with Crippen molar-refractivity contribution in [1.29, 1.82) is 0 Å². The second-order valence-electron chi connectivity index (χ2n) is 5.60. The molecule has 2 aliphatic heterocycles. The van der Waals surface area contributed by atoms with Crippen molar-refractivity contribution in [3.05, 3.63) is 23.9 Å². The largest absolute Gasteiger partial charge is 0.462 e. The van der Waals surface area contributed by atoms with Gasteiger partial charge in [-0.15, -0.1) is 0 Å². The lowest BCUT2D eigenvalue weighted by atomic mass is 10.00. The van der Waals surface area contributed by atoms with Crippen LogP contribution >= 0.6 is 0 Å². The molecule has 3 rings (SSSR count). The first-order valence-corrected chi connectivity index (χ1v) is 7.40. The molecule has 3 heterocycles. The standard InChI is InChI=1S/C15H21N3O2/c1-2-20-15(19)10-3-6-14(16-9-10)18-13-7-11-4-5-12(8-13)17-11/h3,6,9,11-13,17H,2,4-5,7-8H2,1H3,(H,16,18). The molecule has 0 saturated carbocycles. The number of carbonyl (C=O) groups is 1. The smallest absolute Gasteiger partial charge is 0.339 e. The molecular weight excluding hydrogens is 254 g/mol. The van der Waals surface area contributed by atoms with Crippen molar-refractivity contribution >= 4 is 11.8 Å². The number of hydrogen-bond donors (Lipinski definition) is 2. The number of esters is 1. The molecule has 0 amide bonds. The Hall–Kier alpha value is -1.62. The van der Waals surface area contributed by atoms with Crippen molar-refractivity contribution in [2.45, 2.75) is 50.7 Å². The second kappa shape index (κ2) is 5.79. The van der Waals surface area contributed by atoms with Crippen LogP contribution in [0.4, 0.5) is 5.82 Å². The molecule has 2 atom stereocenters. The van der Waals surface area contributed by atoms with Gasteiger partial charge in [-0.25, -0.2) is 9.78 Å². The molecule has 2 saturated heterocycles. The summed E-state index contributed by atoms with van der Waals surface area (Å²) in [4.78, 5) is 15.9. The fourth-order valence-electron chi connectivity index (χ4n) is 3.20. The average molecular weight is 275 g/mol. The van der Waals surface area contributed by atoms with Crippen LogP contribution in [-0.2, 0) is 4.74 Å². The van der Waals surface area contributed by atoms with E-state index in [0.717, 1.165) is 18.7 Å². The van der Waals surface area contributed by atoms with Gasteiger partial charge in [0.05, 0.1) is 12.2 Å². The van der Waals surface area contributed by atoms with Crippen molar-refractivity contribution < 1.29 is 9.53 Å². The maximum Gasteiger partial charge on any atom is 0.339 e. The molecule has 2 bridgehead atoms. The Labute approximate surface area is 119 Å². The summed E-state index contributed by atoms with van der Waals surface area (Å²) in [5.41, 5.74) is 0.503. The highest BCUT2D eigenvalue weighted by atomic mass is 16.5. The topological polar surface area (TPSA) is 63.2 Å². The van der Waals surface area contributed by atoms with Gasteiger partial charge in [0, 0.05) is 24.3 Å². The monoisotopic (exact) mass is 275 g/mol. The number of pyridine rings is 1. The molecule has 0 radical (unpaired) electrons. The highest BCUT2D eigenvalue weighted by Gasteiger charge is 2.33. The molecule has 2 unspecified atom stereocenters. The van der Waals surface area contributed by atoms with Crippen molar-refractivity contribution in [2.24, 2.45) is 0 Å². The first-order chi connectivity index (χ1) is 9.74. The molecule has 2 aliphatic rings. The summed E-state index contributed by atoms with van der Waals surface area (Å²) in [6, 6.07) is 5.42. The zero-order chi connectivity index (χ0) is 13.9. The fourth-order valence-corrected chi connectivity index (χ4v) is 3.20. The Morgan fingerprint density at radius 2 is 2.15 bits per heavy atom. The number of piperidine rings is 1. The van der Waals surface area contributed by atoms with Crippen LogP contribution < -0.4 is 10.6 Å². The fraction of sp³-hybridized carbons (Fsp3) is 0.600. The lowest BCUT2D eigenvalue weighted by molar-refractivity contribution is 0.0526. The first kappa shape index (κ1) is 13.4. The molecular formula is C15H21N3O2. The molecule has 2 N–H and O–H groups in total. The predicted molar refractivity (Wildman–Crippen MR) is 76.8 cm³/mol. The van der Waals surface area contributed by atoms with E-state index >= 15 is 0 Å². The number of anilines is 1. The van der Waals surface area contributed by atoms with Crippen LogP contribution in [0.3, 0.4) is 0 Å². The van der Waals surface area contributed by atoms with Gasteiger partial charge in [-0.05, 0) is 44.7 Å². The van der Waals surface area contributed by atoms with E-state index in [1.807, 2.05) is 6.07 Å². The Morgan fingerprint density at radius 3 is 2.75 bits per heavy atom. The summed E-state index contributed by atoms with van der Waals surface area (Å²) in [5.74, 6) is 0.524. The second-order valence-corrected chi connectivity index (χ2v) is 5.60. The van der Waals surface area contributed by atoms with E-state index in [1.165, 1.54) is 12.8 Å². The molecule has 1 aromatic rings. The minimum atomic E-state index is -0.313. The minimum absolute atomic E-state index is 0.313. The summed E-state index contributed by atoms with van der Waals surface area (Å²) in [7, 11) is 0. The number of ether oxygens (including phenoxy) is 1. The van der Waals surface area contributed by atoms with E-state index in [0.29, 0.717) is 30.3 Å². The van der Waals surface area contributed by atoms with Crippen LogP contribution in [0.25, 0.3) is 0 Å². The molecule has 20 heavy (non-hydrogen) atoms. The zero-order valence-corrected chi connectivity index (χ0v) is 11.8. The Balaban J connectivity index is 1.59. The first-order valence-electron chi connectivity index (χ1n) is 7.40. The van der Waals surface area contributed by atoms with Gasteiger partial charge in [0.15, 0.2) is 0 Å². The SMILES string of the molecule is CCOC(=O)c1ccc(NC2CC3CCC(C2)N3)nc1. The van der Waals surface area contributed by atoms with Crippen LogP contribution in [0.15, 0.2) is 18.3 Å². The van der Waals surface area contributed by atoms with Crippen LogP contribution in [0, 0.1) is 0 Å². The quantitative estimate of drug-likeness (QED) is 0.822.